The van der Waals surface area contributed by atoms with Crippen LogP contribution in [0.15, 0.2) is 36.4 Å². The number of aryl methyl sites for hydroxylation is 1. The number of carbonyl (C=O) groups is 1. The van der Waals surface area contributed by atoms with Crippen molar-refractivity contribution in [2.24, 2.45) is 0 Å². The van der Waals surface area contributed by atoms with Crippen LogP contribution in [0.5, 0.6) is 0 Å². The van der Waals surface area contributed by atoms with Gasteiger partial charge in [-0.3, -0.25) is 4.79 Å². The molecule has 0 saturated carbocycles. The van der Waals surface area contributed by atoms with Crippen LogP contribution in [0.2, 0.25) is 0 Å². The first-order valence-corrected chi connectivity index (χ1v) is 6.83. The Bertz CT molecular complexity index is 679. The Kier molecular flexibility index (Phi) is 3.26. The maximum absolute atomic E-state index is 13.4. The summed E-state index contributed by atoms with van der Waals surface area (Å²) < 4.78 is 13.4. The highest BCUT2D eigenvalue weighted by molar-refractivity contribution is 6.11. The van der Waals surface area contributed by atoms with Crippen molar-refractivity contribution in [3.05, 3.63) is 64.5 Å². The van der Waals surface area contributed by atoms with E-state index in [1.807, 2.05) is 25.1 Å². The molecule has 20 heavy (non-hydrogen) atoms. The summed E-state index contributed by atoms with van der Waals surface area (Å²) in [5.41, 5.74) is 4.01. The van der Waals surface area contributed by atoms with Gasteiger partial charge >= 0.3 is 0 Å². The van der Waals surface area contributed by atoms with Crippen LogP contribution in [-0.4, -0.2) is 12.3 Å². The minimum atomic E-state index is -0.373. The maximum Gasteiger partial charge on any atom is 0.193 e. The van der Waals surface area contributed by atoms with Crippen molar-refractivity contribution in [3.8, 4) is 0 Å². The van der Waals surface area contributed by atoms with Crippen LogP contribution < -0.4 is 5.32 Å². The topological polar surface area (TPSA) is 29.1 Å². The van der Waals surface area contributed by atoms with Crippen LogP contribution in [0, 0.1) is 12.7 Å². The number of benzene rings is 2. The second-order valence-corrected chi connectivity index (χ2v) is 5.15. The summed E-state index contributed by atoms with van der Waals surface area (Å²) in [5.74, 6) is -0.468. The van der Waals surface area contributed by atoms with E-state index in [1.165, 1.54) is 12.1 Å². The van der Waals surface area contributed by atoms with E-state index in [-0.39, 0.29) is 11.6 Å². The lowest BCUT2D eigenvalue weighted by molar-refractivity contribution is 0.103. The third-order valence-corrected chi connectivity index (χ3v) is 3.78. The van der Waals surface area contributed by atoms with Gasteiger partial charge in [-0.15, -0.1) is 0 Å². The lowest BCUT2D eigenvalue weighted by atomic mass is 9.91. The van der Waals surface area contributed by atoms with Crippen molar-refractivity contribution in [3.63, 3.8) is 0 Å². The summed E-state index contributed by atoms with van der Waals surface area (Å²) in [7, 11) is 0. The molecule has 0 bridgehead atoms. The number of rotatable bonds is 2. The van der Waals surface area contributed by atoms with Crippen LogP contribution in [-0.2, 0) is 6.42 Å². The molecule has 0 fully saturated rings. The molecule has 1 aliphatic heterocycles. The van der Waals surface area contributed by atoms with Gasteiger partial charge in [0.2, 0.25) is 0 Å². The van der Waals surface area contributed by atoms with Crippen molar-refractivity contribution >= 4 is 11.5 Å². The highest BCUT2D eigenvalue weighted by Gasteiger charge is 2.20. The number of ketones is 1. The molecule has 2 aromatic carbocycles. The molecule has 0 amide bonds. The molecule has 3 rings (SSSR count). The number of anilines is 1. The Morgan fingerprint density at radius 3 is 2.90 bits per heavy atom. The molecule has 0 atom stereocenters. The number of hydrogen-bond donors (Lipinski definition) is 1. The van der Waals surface area contributed by atoms with Gasteiger partial charge in [-0.25, -0.2) is 4.39 Å². The van der Waals surface area contributed by atoms with E-state index < -0.39 is 0 Å². The molecular formula is C17H16FNO. The molecule has 3 heteroatoms. The molecule has 0 radical (unpaired) electrons. The second-order valence-electron chi connectivity index (χ2n) is 5.15. The minimum Gasteiger partial charge on any atom is -0.385 e. The van der Waals surface area contributed by atoms with Crippen LogP contribution in [0.1, 0.15) is 33.5 Å². The van der Waals surface area contributed by atoms with Gasteiger partial charge in [-0.05, 0) is 49.1 Å². The SMILES string of the molecule is Cc1ccc(F)cc1C(=O)c1cccc2c1CCCN2. The molecular weight excluding hydrogens is 253 g/mol. The van der Waals surface area contributed by atoms with E-state index in [1.54, 1.807) is 6.07 Å². The molecule has 0 saturated heterocycles. The second kappa shape index (κ2) is 5.08. The predicted molar refractivity (Wildman–Crippen MR) is 77.8 cm³/mol. The number of carbonyl (C=O) groups excluding carboxylic acids is 1. The lowest BCUT2D eigenvalue weighted by Gasteiger charge is -2.20. The van der Waals surface area contributed by atoms with E-state index >= 15 is 0 Å². The first kappa shape index (κ1) is 12.9. The van der Waals surface area contributed by atoms with Crippen molar-refractivity contribution < 1.29 is 9.18 Å². The van der Waals surface area contributed by atoms with Gasteiger partial charge in [0.15, 0.2) is 5.78 Å². The van der Waals surface area contributed by atoms with E-state index in [2.05, 4.69) is 5.32 Å². The highest BCUT2D eigenvalue weighted by Crippen LogP contribution is 2.27. The van der Waals surface area contributed by atoms with Gasteiger partial charge in [-0.1, -0.05) is 18.2 Å². The minimum absolute atomic E-state index is 0.0949. The molecule has 2 aromatic rings. The Morgan fingerprint density at radius 2 is 2.05 bits per heavy atom. The molecule has 0 spiro atoms. The van der Waals surface area contributed by atoms with Crippen LogP contribution in [0.4, 0.5) is 10.1 Å². The van der Waals surface area contributed by atoms with Crippen LogP contribution in [0.3, 0.4) is 0 Å². The third-order valence-electron chi connectivity index (χ3n) is 3.78. The fourth-order valence-corrected chi connectivity index (χ4v) is 2.71. The summed E-state index contributed by atoms with van der Waals surface area (Å²) in [6.45, 7) is 2.77. The average Bonchev–Trinajstić information content (AvgIpc) is 2.48. The highest BCUT2D eigenvalue weighted by atomic mass is 19.1. The smallest absolute Gasteiger partial charge is 0.193 e. The average molecular weight is 269 g/mol. The van der Waals surface area contributed by atoms with Gasteiger partial charge < -0.3 is 5.32 Å². The Hall–Kier alpha value is -2.16. The zero-order valence-corrected chi connectivity index (χ0v) is 11.4. The fourth-order valence-electron chi connectivity index (χ4n) is 2.71. The Labute approximate surface area is 117 Å². The Balaban J connectivity index is 2.09. The summed E-state index contributed by atoms with van der Waals surface area (Å²) in [4.78, 5) is 12.7. The largest absolute Gasteiger partial charge is 0.385 e. The first-order chi connectivity index (χ1) is 9.66. The van der Waals surface area contributed by atoms with Gasteiger partial charge in [0.1, 0.15) is 5.82 Å². The molecule has 0 aromatic heterocycles. The first-order valence-electron chi connectivity index (χ1n) is 6.83. The summed E-state index contributed by atoms with van der Waals surface area (Å²) in [6.07, 6.45) is 1.90. The zero-order chi connectivity index (χ0) is 14.1. The van der Waals surface area contributed by atoms with Crippen molar-refractivity contribution in [1.29, 1.82) is 0 Å². The van der Waals surface area contributed by atoms with E-state index in [0.717, 1.165) is 36.2 Å². The van der Waals surface area contributed by atoms with Crippen molar-refractivity contribution in [2.45, 2.75) is 19.8 Å². The summed E-state index contributed by atoms with van der Waals surface area (Å²) in [5, 5.41) is 3.31. The summed E-state index contributed by atoms with van der Waals surface area (Å²) in [6, 6.07) is 10.1. The quantitative estimate of drug-likeness (QED) is 0.842. The number of halogens is 1. The van der Waals surface area contributed by atoms with Gasteiger partial charge in [0.25, 0.3) is 0 Å². The van der Waals surface area contributed by atoms with Crippen molar-refractivity contribution in [2.75, 3.05) is 11.9 Å². The molecule has 1 aliphatic rings. The van der Waals surface area contributed by atoms with E-state index in [9.17, 15) is 9.18 Å². The molecule has 0 unspecified atom stereocenters. The number of hydrogen-bond acceptors (Lipinski definition) is 2. The van der Waals surface area contributed by atoms with E-state index in [0.29, 0.717) is 11.1 Å². The Morgan fingerprint density at radius 1 is 1.20 bits per heavy atom. The molecule has 1 heterocycles. The molecule has 0 aliphatic carbocycles. The predicted octanol–water partition coefficient (Wildman–Crippen LogP) is 3.72. The van der Waals surface area contributed by atoms with Crippen LogP contribution in [0.25, 0.3) is 0 Å². The third kappa shape index (κ3) is 2.20. The van der Waals surface area contributed by atoms with Gasteiger partial charge in [-0.2, -0.15) is 0 Å². The van der Waals surface area contributed by atoms with Gasteiger partial charge in [0.05, 0.1) is 0 Å². The lowest BCUT2D eigenvalue weighted by Crippen LogP contribution is -2.16. The van der Waals surface area contributed by atoms with Gasteiger partial charge in [0, 0.05) is 23.4 Å². The zero-order valence-electron chi connectivity index (χ0n) is 11.4. The number of fused-ring (bicyclic) bond motifs is 1. The monoisotopic (exact) mass is 269 g/mol. The van der Waals surface area contributed by atoms with Crippen molar-refractivity contribution in [1.82, 2.24) is 0 Å². The van der Waals surface area contributed by atoms with E-state index in [4.69, 9.17) is 0 Å². The maximum atomic E-state index is 13.4. The normalized spacial score (nSPS) is 13.5. The van der Waals surface area contributed by atoms with Crippen LogP contribution >= 0.6 is 0 Å². The standard InChI is InChI=1S/C17H16FNO/c1-11-7-8-12(18)10-15(11)17(20)14-4-2-6-16-13(14)5-3-9-19-16/h2,4,6-8,10,19H,3,5,9H2,1H3. The summed E-state index contributed by atoms with van der Waals surface area (Å²) >= 11 is 0. The fraction of sp³-hybridized carbons (Fsp3) is 0.235. The number of nitrogens with one attached hydrogen (secondary N) is 1. The molecule has 1 N–H and O–H groups in total. The molecule has 2 nitrogen and oxygen atoms in total. The molecule has 102 valence electrons.